The van der Waals surface area contributed by atoms with Crippen LogP contribution in [0.5, 0.6) is 0 Å². The first-order valence-corrected chi connectivity index (χ1v) is 7.85. The third-order valence-corrected chi connectivity index (χ3v) is 4.28. The molecule has 114 valence electrons. The highest BCUT2D eigenvalue weighted by atomic mass is 35.5. The molecule has 0 N–H and O–H groups in total. The van der Waals surface area contributed by atoms with Crippen LogP contribution < -0.4 is 0 Å². The first-order valence-electron chi connectivity index (χ1n) is 7.47. The molecule has 0 amide bonds. The molecule has 0 aromatic carbocycles. The van der Waals surface area contributed by atoms with Crippen LogP contribution in [0.4, 0.5) is 0 Å². The number of aromatic nitrogens is 3. The lowest BCUT2D eigenvalue weighted by molar-refractivity contribution is 0.0659. The van der Waals surface area contributed by atoms with Gasteiger partial charge in [-0.15, -0.1) is 0 Å². The predicted molar refractivity (Wildman–Crippen MR) is 83.4 cm³/mol. The molecule has 1 fully saturated rings. The zero-order valence-electron chi connectivity index (χ0n) is 12.0. The molecule has 4 heterocycles. The van der Waals surface area contributed by atoms with E-state index in [-0.39, 0.29) is 0 Å². The summed E-state index contributed by atoms with van der Waals surface area (Å²) in [6, 6.07) is 7.46. The minimum absolute atomic E-state index is 0.366. The van der Waals surface area contributed by atoms with Gasteiger partial charge in [-0.25, -0.2) is 14.5 Å². The van der Waals surface area contributed by atoms with Gasteiger partial charge in [0.2, 0.25) is 5.88 Å². The molecule has 0 atom stereocenters. The zero-order chi connectivity index (χ0) is 14.9. The molecule has 0 spiro atoms. The summed E-state index contributed by atoms with van der Waals surface area (Å²) < 4.78 is 13.0. The molecule has 0 saturated carbocycles. The Kier molecular flexibility index (Phi) is 3.60. The highest BCUT2D eigenvalue weighted by Crippen LogP contribution is 2.27. The second-order valence-corrected chi connectivity index (χ2v) is 5.92. The highest BCUT2D eigenvalue weighted by molar-refractivity contribution is 6.28. The molecule has 1 aliphatic rings. The van der Waals surface area contributed by atoms with E-state index in [0.717, 1.165) is 49.5 Å². The summed E-state index contributed by atoms with van der Waals surface area (Å²) in [5.74, 6) is 2.20. The Morgan fingerprint density at radius 1 is 1.23 bits per heavy atom. The Labute approximate surface area is 132 Å². The van der Waals surface area contributed by atoms with Gasteiger partial charge in [-0.1, -0.05) is 0 Å². The van der Waals surface area contributed by atoms with E-state index in [0.29, 0.717) is 17.0 Å². The third-order valence-electron chi connectivity index (χ3n) is 4.08. The largest absolute Gasteiger partial charge is 0.428 e. The first-order chi connectivity index (χ1) is 10.8. The van der Waals surface area contributed by atoms with Crippen LogP contribution >= 0.6 is 11.6 Å². The normalized spacial score (nSPS) is 16.4. The van der Waals surface area contributed by atoms with Gasteiger partial charge in [0.1, 0.15) is 11.3 Å². The van der Waals surface area contributed by atoms with Crippen molar-refractivity contribution in [3.05, 3.63) is 41.5 Å². The van der Waals surface area contributed by atoms with Crippen molar-refractivity contribution in [1.82, 2.24) is 14.5 Å². The number of fused-ring (bicyclic) bond motifs is 1. The van der Waals surface area contributed by atoms with E-state index in [1.807, 2.05) is 22.8 Å². The number of halogens is 1. The monoisotopic (exact) mass is 317 g/mol. The average molecular weight is 318 g/mol. The summed E-state index contributed by atoms with van der Waals surface area (Å²) in [5, 5.41) is 0.366. The number of rotatable bonds is 3. The number of hydrogen-bond donors (Lipinski definition) is 0. The molecule has 0 aliphatic carbocycles. The van der Waals surface area contributed by atoms with Gasteiger partial charge in [0, 0.05) is 31.9 Å². The highest BCUT2D eigenvalue weighted by Gasteiger charge is 2.21. The molecule has 1 aliphatic heterocycles. The van der Waals surface area contributed by atoms with E-state index in [4.69, 9.17) is 25.7 Å². The molecule has 4 rings (SSSR count). The minimum Gasteiger partial charge on any atom is -0.428 e. The number of nitrogens with zero attached hydrogens (tertiary/aromatic N) is 3. The molecular formula is C16H16ClN3O2. The molecule has 0 radical (unpaired) electrons. The lowest BCUT2D eigenvalue weighted by Gasteiger charge is -2.21. The maximum absolute atomic E-state index is 5.94. The molecule has 22 heavy (non-hydrogen) atoms. The van der Waals surface area contributed by atoms with Crippen LogP contribution in [0.2, 0.25) is 5.22 Å². The van der Waals surface area contributed by atoms with Gasteiger partial charge in [-0.05, 0) is 48.6 Å². The van der Waals surface area contributed by atoms with Crippen molar-refractivity contribution in [2.45, 2.75) is 19.3 Å². The molecule has 5 nitrogen and oxygen atoms in total. The summed E-state index contributed by atoms with van der Waals surface area (Å²) in [7, 11) is 0. The van der Waals surface area contributed by atoms with E-state index >= 15 is 0 Å². The van der Waals surface area contributed by atoms with Crippen LogP contribution in [-0.4, -0.2) is 27.7 Å². The number of imidazole rings is 1. The maximum atomic E-state index is 5.94. The van der Waals surface area contributed by atoms with E-state index in [9.17, 15) is 0 Å². The Morgan fingerprint density at radius 2 is 2.09 bits per heavy atom. The van der Waals surface area contributed by atoms with E-state index < -0.39 is 0 Å². The van der Waals surface area contributed by atoms with Crippen molar-refractivity contribution in [2.24, 2.45) is 5.92 Å². The Bertz CT molecular complexity index is 790. The summed E-state index contributed by atoms with van der Waals surface area (Å²) in [4.78, 5) is 9.20. The van der Waals surface area contributed by atoms with Crippen molar-refractivity contribution >= 4 is 22.8 Å². The first kappa shape index (κ1) is 13.8. The van der Waals surface area contributed by atoms with Crippen molar-refractivity contribution in [3.63, 3.8) is 0 Å². The Hall–Kier alpha value is -1.85. The van der Waals surface area contributed by atoms with Crippen LogP contribution in [0.15, 0.2) is 34.9 Å². The fourth-order valence-electron chi connectivity index (χ4n) is 2.96. The zero-order valence-corrected chi connectivity index (χ0v) is 12.8. The van der Waals surface area contributed by atoms with Crippen LogP contribution in [0, 0.1) is 5.92 Å². The van der Waals surface area contributed by atoms with Gasteiger partial charge in [-0.3, -0.25) is 0 Å². The topological polar surface area (TPSA) is 53.1 Å². The average Bonchev–Trinajstić information content (AvgIpc) is 3.11. The third kappa shape index (κ3) is 2.51. The van der Waals surface area contributed by atoms with E-state index in [2.05, 4.69) is 4.98 Å². The molecule has 6 heteroatoms. The standard InChI is InChI=1S/C16H16ClN3O2/c17-13-3-4-15(22-13)20-14(10-11-5-8-21-9-6-11)19-12-2-1-7-18-16(12)20/h1-4,7,11H,5-6,8-10H2. The van der Waals surface area contributed by atoms with Gasteiger partial charge < -0.3 is 9.15 Å². The maximum Gasteiger partial charge on any atom is 0.208 e. The number of pyridine rings is 1. The fourth-order valence-corrected chi connectivity index (χ4v) is 3.10. The van der Waals surface area contributed by atoms with Gasteiger partial charge in [-0.2, -0.15) is 0 Å². The second kappa shape index (κ2) is 5.74. The van der Waals surface area contributed by atoms with Crippen LogP contribution in [-0.2, 0) is 11.2 Å². The summed E-state index contributed by atoms with van der Waals surface area (Å²) in [6.07, 6.45) is 4.78. The predicted octanol–water partition coefficient (Wildman–Crippen LogP) is 3.64. The van der Waals surface area contributed by atoms with Gasteiger partial charge in [0.15, 0.2) is 10.9 Å². The van der Waals surface area contributed by atoms with Crippen LogP contribution in [0.1, 0.15) is 18.7 Å². The van der Waals surface area contributed by atoms with Crippen molar-refractivity contribution < 1.29 is 9.15 Å². The van der Waals surface area contributed by atoms with Crippen molar-refractivity contribution in [1.29, 1.82) is 0 Å². The summed E-state index contributed by atoms with van der Waals surface area (Å²) >= 11 is 5.94. The molecule has 3 aromatic rings. The van der Waals surface area contributed by atoms with Crippen molar-refractivity contribution in [3.8, 4) is 5.88 Å². The fraction of sp³-hybridized carbons (Fsp3) is 0.375. The molecule has 3 aromatic heterocycles. The van der Waals surface area contributed by atoms with E-state index in [1.54, 1.807) is 12.3 Å². The Morgan fingerprint density at radius 3 is 2.86 bits per heavy atom. The summed E-state index contributed by atoms with van der Waals surface area (Å²) in [5.41, 5.74) is 1.67. The minimum atomic E-state index is 0.366. The lowest BCUT2D eigenvalue weighted by Crippen LogP contribution is -2.19. The lowest BCUT2D eigenvalue weighted by atomic mass is 9.96. The number of hydrogen-bond acceptors (Lipinski definition) is 4. The SMILES string of the molecule is Clc1ccc(-n2c(CC3CCOCC3)nc3cccnc32)o1. The van der Waals surface area contributed by atoms with Crippen LogP contribution in [0.25, 0.3) is 17.0 Å². The second-order valence-electron chi connectivity index (χ2n) is 5.55. The summed E-state index contributed by atoms with van der Waals surface area (Å²) in [6.45, 7) is 1.66. The van der Waals surface area contributed by atoms with Crippen molar-refractivity contribution in [2.75, 3.05) is 13.2 Å². The van der Waals surface area contributed by atoms with Gasteiger partial charge in [0.25, 0.3) is 0 Å². The van der Waals surface area contributed by atoms with Gasteiger partial charge >= 0.3 is 0 Å². The van der Waals surface area contributed by atoms with Crippen LogP contribution in [0.3, 0.4) is 0 Å². The number of ether oxygens (including phenoxy) is 1. The molecular weight excluding hydrogens is 302 g/mol. The molecule has 1 saturated heterocycles. The van der Waals surface area contributed by atoms with Gasteiger partial charge in [0.05, 0.1) is 0 Å². The quantitative estimate of drug-likeness (QED) is 0.740. The molecule has 0 unspecified atom stereocenters. The van der Waals surface area contributed by atoms with E-state index in [1.165, 1.54) is 0 Å². The Balaban J connectivity index is 1.79. The molecule has 0 bridgehead atoms. The number of furan rings is 1. The smallest absolute Gasteiger partial charge is 0.208 e.